The van der Waals surface area contributed by atoms with Gasteiger partial charge in [0, 0.05) is 43.6 Å². The topological polar surface area (TPSA) is 70.6 Å². The molecule has 0 saturated carbocycles. The fourth-order valence-corrected chi connectivity index (χ4v) is 2.78. The van der Waals surface area contributed by atoms with Crippen molar-refractivity contribution in [3.05, 3.63) is 41.6 Å². The Morgan fingerprint density at radius 1 is 1.16 bits per heavy atom. The first kappa shape index (κ1) is 17.2. The van der Waals surface area contributed by atoms with E-state index < -0.39 is 0 Å². The van der Waals surface area contributed by atoms with E-state index in [1.165, 1.54) is 7.11 Å². The van der Waals surface area contributed by atoms with Crippen molar-refractivity contribution < 1.29 is 9.53 Å². The third kappa shape index (κ3) is 4.24. The fourth-order valence-electron chi connectivity index (χ4n) is 2.78. The van der Waals surface area contributed by atoms with Crippen molar-refractivity contribution in [3.63, 3.8) is 0 Å². The molecule has 132 valence electrons. The maximum atomic E-state index is 11.7. The van der Waals surface area contributed by atoms with Crippen LogP contribution in [0.25, 0.3) is 0 Å². The van der Waals surface area contributed by atoms with E-state index in [2.05, 4.69) is 32.1 Å². The Morgan fingerprint density at radius 2 is 1.92 bits per heavy atom. The lowest BCUT2D eigenvalue weighted by Gasteiger charge is -2.33. The molecule has 0 radical (unpaired) electrons. The van der Waals surface area contributed by atoms with E-state index >= 15 is 0 Å². The highest BCUT2D eigenvalue weighted by Crippen LogP contribution is 2.20. The van der Waals surface area contributed by atoms with Gasteiger partial charge in [-0.15, -0.1) is 0 Å². The number of carbonyl (C=O) groups excluding carboxylic acids is 1. The zero-order valence-corrected chi connectivity index (χ0v) is 14.8. The minimum atomic E-state index is -0.369. The highest BCUT2D eigenvalue weighted by atomic mass is 16.5. The summed E-state index contributed by atoms with van der Waals surface area (Å²) < 4.78 is 4.76. The number of esters is 1. The second kappa shape index (κ2) is 7.48. The molecule has 1 aromatic heterocycles. The van der Waals surface area contributed by atoms with Gasteiger partial charge in [-0.2, -0.15) is 4.98 Å². The molecule has 2 heterocycles. The van der Waals surface area contributed by atoms with Crippen molar-refractivity contribution in [1.29, 1.82) is 0 Å². The Hall–Kier alpha value is -2.67. The van der Waals surface area contributed by atoms with Gasteiger partial charge in [-0.25, -0.2) is 9.78 Å². The SMILES string of the molecule is COC(=O)c1cccc(Nc2nc(C)cc(N3CCN(C)CC3)n2)c1. The second-order valence-corrected chi connectivity index (χ2v) is 6.18. The van der Waals surface area contributed by atoms with Crippen molar-refractivity contribution in [2.45, 2.75) is 6.92 Å². The number of ether oxygens (including phenoxy) is 1. The van der Waals surface area contributed by atoms with Crippen LogP contribution >= 0.6 is 0 Å². The minimum absolute atomic E-state index is 0.369. The predicted molar refractivity (Wildman–Crippen MR) is 97.5 cm³/mol. The van der Waals surface area contributed by atoms with Gasteiger partial charge in [0.25, 0.3) is 0 Å². The number of carbonyl (C=O) groups is 1. The van der Waals surface area contributed by atoms with Gasteiger partial charge in [-0.05, 0) is 32.2 Å². The van der Waals surface area contributed by atoms with Gasteiger partial charge < -0.3 is 19.9 Å². The number of nitrogens with zero attached hydrogens (tertiary/aromatic N) is 4. The summed E-state index contributed by atoms with van der Waals surface area (Å²) in [6.45, 7) is 5.89. The molecule has 2 aromatic rings. The number of aromatic nitrogens is 2. The van der Waals surface area contributed by atoms with Crippen LogP contribution < -0.4 is 10.2 Å². The van der Waals surface area contributed by atoms with Crippen LogP contribution in [0.1, 0.15) is 16.1 Å². The Balaban J connectivity index is 1.80. The van der Waals surface area contributed by atoms with Crippen LogP contribution in [0.3, 0.4) is 0 Å². The monoisotopic (exact) mass is 341 g/mol. The summed E-state index contributed by atoms with van der Waals surface area (Å²) in [5.41, 5.74) is 2.13. The molecule has 0 aliphatic carbocycles. The molecule has 7 nitrogen and oxygen atoms in total. The molecule has 0 spiro atoms. The number of hydrogen-bond donors (Lipinski definition) is 1. The van der Waals surface area contributed by atoms with Gasteiger partial charge in [0.15, 0.2) is 0 Å². The van der Waals surface area contributed by atoms with E-state index in [0.717, 1.165) is 43.4 Å². The number of hydrogen-bond acceptors (Lipinski definition) is 7. The number of likely N-dealkylation sites (N-methyl/N-ethyl adjacent to an activating group) is 1. The summed E-state index contributed by atoms with van der Waals surface area (Å²) in [4.78, 5) is 25.3. The van der Waals surface area contributed by atoms with E-state index in [0.29, 0.717) is 11.5 Å². The molecule has 1 saturated heterocycles. The smallest absolute Gasteiger partial charge is 0.337 e. The number of aryl methyl sites for hydroxylation is 1. The number of nitrogens with one attached hydrogen (secondary N) is 1. The van der Waals surface area contributed by atoms with Crippen LogP contribution in [0, 0.1) is 6.92 Å². The Morgan fingerprint density at radius 3 is 2.64 bits per heavy atom. The van der Waals surface area contributed by atoms with Crippen molar-refractivity contribution in [2.75, 3.05) is 50.6 Å². The Labute approximate surface area is 147 Å². The summed E-state index contributed by atoms with van der Waals surface area (Å²) in [5, 5.41) is 3.19. The first-order valence-electron chi connectivity index (χ1n) is 8.30. The second-order valence-electron chi connectivity index (χ2n) is 6.18. The molecular formula is C18H23N5O2. The maximum absolute atomic E-state index is 11.7. The molecule has 0 atom stereocenters. The van der Waals surface area contributed by atoms with Gasteiger partial charge in [0.1, 0.15) is 5.82 Å². The van der Waals surface area contributed by atoms with Crippen LogP contribution in [0.4, 0.5) is 17.5 Å². The van der Waals surface area contributed by atoms with Crippen LogP contribution in [0.15, 0.2) is 30.3 Å². The number of rotatable bonds is 4. The zero-order valence-electron chi connectivity index (χ0n) is 14.8. The van der Waals surface area contributed by atoms with Gasteiger partial charge in [0.2, 0.25) is 5.95 Å². The summed E-state index contributed by atoms with van der Waals surface area (Å²) in [7, 11) is 3.50. The average Bonchev–Trinajstić information content (AvgIpc) is 2.61. The van der Waals surface area contributed by atoms with Gasteiger partial charge in [0.05, 0.1) is 12.7 Å². The van der Waals surface area contributed by atoms with E-state index in [-0.39, 0.29) is 5.97 Å². The standard InChI is InChI=1S/C18H23N5O2/c1-13-11-16(23-9-7-22(2)8-10-23)21-18(19-13)20-15-6-4-5-14(12-15)17(24)25-3/h4-6,11-12H,7-10H2,1-3H3,(H,19,20,21). The Kier molecular flexibility index (Phi) is 5.14. The molecule has 1 N–H and O–H groups in total. The van der Waals surface area contributed by atoms with Crippen LogP contribution in [-0.4, -0.2) is 61.2 Å². The normalized spacial score (nSPS) is 15.1. The lowest BCUT2D eigenvalue weighted by molar-refractivity contribution is 0.0601. The Bertz CT molecular complexity index is 757. The first-order chi connectivity index (χ1) is 12.0. The minimum Gasteiger partial charge on any atom is -0.465 e. The molecular weight excluding hydrogens is 318 g/mol. The maximum Gasteiger partial charge on any atom is 0.337 e. The third-order valence-electron chi connectivity index (χ3n) is 4.21. The summed E-state index contributed by atoms with van der Waals surface area (Å²) in [6.07, 6.45) is 0. The predicted octanol–water partition coefficient (Wildman–Crippen LogP) is 2.07. The molecule has 25 heavy (non-hydrogen) atoms. The first-order valence-corrected chi connectivity index (χ1v) is 8.30. The summed E-state index contributed by atoms with van der Waals surface area (Å²) in [5.74, 6) is 1.08. The van der Waals surface area contributed by atoms with Gasteiger partial charge in [-0.1, -0.05) is 6.07 Å². The molecule has 0 unspecified atom stereocenters. The average molecular weight is 341 g/mol. The fraction of sp³-hybridized carbons (Fsp3) is 0.389. The van der Waals surface area contributed by atoms with Gasteiger partial charge >= 0.3 is 5.97 Å². The molecule has 7 heteroatoms. The number of benzene rings is 1. The van der Waals surface area contributed by atoms with Crippen molar-refractivity contribution >= 4 is 23.4 Å². The molecule has 1 fully saturated rings. The quantitative estimate of drug-likeness (QED) is 0.854. The van der Waals surface area contributed by atoms with Crippen LogP contribution in [0.5, 0.6) is 0 Å². The number of methoxy groups -OCH3 is 1. The molecule has 0 amide bonds. The molecule has 0 bridgehead atoms. The molecule has 3 rings (SSSR count). The summed E-state index contributed by atoms with van der Waals surface area (Å²) >= 11 is 0. The van der Waals surface area contributed by atoms with E-state index in [4.69, 9.17) is 4.74 Å². The van der Waals surface area contributed by atoms with Gasteiger partial charge in [-0.3, -0.25) is 0 Å². The van der Waals surface area contributed by atoms with Crippen molar-refractivity contribution in [2.24, 2.45) is 0 Å². The lowest BCUT2D eigenvalue weighted by atomic mass is 10.2. The highest BCUT2D eigenvalue weighted by molar-refractivity contribution is 5.90. The molecule has 1 aliphatic heterocycles. The van der Waals surface area contributed by atoms with E-state index in [1.807, 2.05) is 19.1 Å². The van der Waals surface area contributed by atoms with E-state index in [9.17, 15) is 4.79 Å². The zero-order chi connectivity index (χ0) is 17.8. The van der Waals surface area contributed by atoms with Crippen molar-refractivity contribution in [3.8, 4) is 0 Å². The summed E-state index contributed by atoms with van der Waals surface area (Å²) in [6, 6.07) is 9.11. The molecule has 1 aromatic carbocycles. The number of piperazine rings is 1. The van der Waals surface area contributed by atoms with Crippen molar-refractivity contribution in [1.82, 2.24) is 14.9 Å². The number of anilines is 3. The largest absolute Gasteiger partial charge is 0.465 e. The molecule has 1 aliphatic rings. The van der Waals surface area contributed by atoms with Crippen LogP contribution in [-0.2, 0) is 4.74 Å². The lowest BCUT2D eigenvalue weighted by Crippen LogP contribution is -2.44. The van der Waals surface area contributed by atoms with Crippen LogP contribution in [0.2, 0.25) is 0 Å². The highest BCUT2D eigenvalue weighted by Gasteiger charge is 2.16. The van der Waals surface area contributed by atoms with E-state index in [1.54, 1.807) is 18.2 Å². The third-order valence-corrected chi connectivity index (χ3v) is 4.21.